The lowest BCUT2D eigenvalue weighted by Crippen LogP contribution is -2.63. The molecule has 4 fully saturated rings. The number of nitrogens with zero attached hydrogens (tertiary/aromatic N) is 3. The molecule has 6 heteroatoms. The second-order valence-corrected chi connectivity index (χ2v) is 19.0. The molecule has 58 heavy (non-hydrogen) atoms. The van der Waals surface area contributed by atoms with E-state index in [2.05, 4.69) is 166 Å². The number of fused-ring (bicyclic) bond motifs is 2. The quantitative estimate of drug-likeness (QED) is 0.166. The third-order valence-electron chi connectivity index (χ3n) is 14.7. The van der Waals surface area contributed by atoms with Gasteiger partial charge in [-0.2, -0.15) is 0 Å². The van der Waals surface area contributed by atoms with Gasteiger partial charge in [-0.1, -0.05) is 78.5 Å². The number of benzene rings is 7. The van der Waals surface area contributed by atoms with Crippen molar-refractivity contribution in [2.24, 2.45) is 17.8 Å². The molecule has 7 aromatic carbocycles. The molecular formula is C52H40BN3OS. The lowest BCUT2D eigenvalue weighted by Gasteiger charge is -2.57. The van der Waals surface area contributed by atoms with Crippen LogP contribution in [0.3, 0.4) is 0 Å². The van der Waals surface area contributed by atoms with Crippen molar-refractivity contribution in [1.29, 1.82) is 0 Å². The van der Waals surface area contributed by atoms with Crippen molar-refractivity contribution in [3.05, 3.63) is 157 Å². The van der Waals surface area contributed by atoms with Crippen LogP contribution in [-0.2, 0) is 5.41 Å². The number of anilines is 9. The van der Waals surface area contributed by atoms with Gasteiger partial charge in [0.15, 0.2) is 0 Å². The zero-order chi connectivity index (χ0) is 37.7. The highest BCUT2D eigenvalue weighted by atomic mass is 32.2. The molecule has 4 heterocycles. The Kier molecular flexibility index (Phi) is 6.45. The maximum atomic E-state index is 7.54. The first-order valence-corrected chi connectivity index (χ1v) is 22.0. The van der Waals surface area contributed by atoms with Crippen LogP contribution in [0.2, 0.25) is 0 Å². The Hall–Kier alpha value is -5.85. The van der Waals surface area contributed by atoms with Gasteiger partial charge in [0.2, 0.25) is 0 Å². The van der Waals surface area contributed by atoms with Crippen molar-refractivity contribution in [1.82, 2.24) is 0 Å². The molecule has 0 spiro atoms. The predicted molar refractivity (Wildman–Crippen MR) is 239 cm³/mol. The van der Waals surface area contributed by atoms with E-state index >= 15 is 0 Å². The average Bonchev–Trinajstić information content (AvgIpc) is 3.25. The lowest BCUT2D eigenvalue weighted by atomic mass is 9.32. The zero-order valence-electron chi connectivity index (χ0n) is 32.1. The van der Waals surface area contributed by atoms with Crippen LogP contribution in [0.25, 0.3) is 0 Å². The predicted octanol–water partition coefficient (Wildman–Crippen LogP) is 12.3. The molecule has 4 aliphatic heterocycles. The lowest BCUT2D eigenvalue weighted by molar-refractivity contribution is -0.00522. The summed E-state index contributed by atoms with van der Waals surface area (Å²) in [5.41, 5.74) is 16.4. The fourth-order valence-electron chi connectivity index (χ4n) is 13.0. The van der Waals surface area contributed by atoms with Crippen LogP contribution in [0.4, 0.5) is 51.2 Å². The van der Waals surface area contributed by atoms with Crippen LogP contribution in [0, 0.1) is 17.8 Å². The highest BCUT2D eigenvalue weighted by molar-refractivity contribution is 7.99. The number of hydrogen-bond acceptors (Lipinski definition) is 5. The van der Waals surface area contributed by atoms with Crippen molar-refractivity contribution in [2.75, 3.05) is 14.7 Å². The molecule has 7 aromatic rings. The number of hydrogen-bond donors (Lipinski definition) is 0. The summed E-state index contributed by atoms with van der Waals surface area (Å²) in [6.07, 6.45) is 8.24. The minimum Gasteiger partial charge on any atom is -0.458 e. The average molecular weight is 766 g/mol. The van der Waals surface area contributed by atoms with Crippen LogP contribution in [0.15, 0.2) is 161 Å². The van der Waals surface area contributed by atoms with Crippen LogP contribution in [0.1, 0.15) is 44.1 Å². The van der Waals surface area contributed by atoms with Crippen LogP contribution in [0.5, 0.6) is 11.5 Å². The number of para-hydroxylation sites is 4. The Morgan fingerprint density at radius 3 is 1.52 bits per heavy atom. The third-order valence-corrected chi connectivity index (χ3v) is 15.8. The molecule has 8 aliphatic rings. The second kappa shape index (κ2) is 11.6. The van der Waals surface area contributed by atoms with Gasteiger partial charge in [-0.25, -0.2) is 0 Å². The maximum Gasteiger partial charge on any atom is 0.261 e. The summed E-state index contributed by atoms with van der Waals surface area (Å²) >= 11 is 1.85. The van der Waals surface area contributed by atoms with Crippen molar-refractivity contribution in [2.45, 2.75) is 53.7 Å². The molecule has 278 valence electrons. The van der Waals surface area contributed by atoms with Gasteiger partial charge < -0.3 is 19.4 Å². The Morgan fingerprint density at radius 2 is 0.931 bits per heavy atom. The minimum absolute atomic E-state index is 0.0332. The van der Waals surface area contributed by atoms with E-state index in [0.717, 1.165) is 40.6 Å². The molecule has 0 amide bonds. The van der Waals surface area contributed by atoms with Crippen molar-refractivity contribution in [3.63, 3.8) is 0 Å². The molecule has 0 aromatic heterocycles. The van der Waals surface area contributed by atoms with Gasteiger partial charge in [0, 0.05) is 50.0 Å². The summed E-state index contributed by atoms with van der Waals surface area (Å²) in [7, 11) is 0. The monoisotopic (exact) mass is 765 g/mol. The normalized spacial score (nSPS) is 23.3. The summed E-state index contributed by atoms with van der Waals surface area (Å²) in [4.78, 5) is 10.0. The first-order chi connectivity index (χ1) is 28.7. The highest BCUT2D eigenvalue weighted by Gasteiger charge is 2.54. The topological polar surface area (TPSA) is 19.0 Å². The molecule has 0 N–H and O–H groups in total. The molecule has 4 aliphatic carbocycles. The van der Waals surface area contributed by atoms with E-state index in [1.54, 1.807) is 0 Å². The zero-order valence-corrected chi connectivity index (χ0v) is 33.0. The molecular weight excluding hydrogens is 725 g/mol. The van der Waals surface area contributed by atoms with E-state index in [-0.39, 0.29) is 12.1 Å². The van der Waals surface area contributed by atoms with Crippen LogP contribution in [-0.4, -0.2) is 6.71 Å². The Morgan fingerprint density at radius 1 is 0.448 bits per heavy atom. The summed E-state index contributed by atoms with van der Waals surface area (Å²) in [5.74, 6) is 4.56. The Balaban J connectivity index is 1.06. The summed E-state index contributed by atoms with van der Waals surface area (Å²) in [6, 6.07) is 56.6. The molecule has 4 bridgehead atoms. The molecule has 4 saturated carbocycles. The van der Waals surface area contributed by atoms with Gasteiger partial charge in [-0.3, -0.25) is 0 Å². The first-order valence-electron chi connectivity index (χ1n) is 21.2. The summed E-state index contributed by atoms with van der Waals surface area (Å²) in [6.45, 7) is 0.0332. The number of ether oxygens (including phenoxy) is 1. The van der Waals surface area contributed by atoms with E-state index in [1.807, 2.05) is 11.8 Å². The van der Waals surface area contributed by atoms with E-state index in [9.17, 15) is 0 Å². The highest BCUT2D eigenvalue weighted by Crippen LogP contribution is 2.62. The molecule has 0 atom stereocenters. The van der Waals surface area contributed by atoms with Gasteiger partial charge >= 0.3 is 0 Å². The van der Waals surface area contributed by atoms with Gasteiger partial charge in [0.1, 0.15) is 11.5 Å². The fourth-order valence-corrected chi connectivity index (χ4v) is 14.0. The van der Waals surface area contributed by atoms with Crippen LogP contribution < -0.4 is 35.8 Å². The van der Waals surface area contributed by atoms with E-state index in [0.29, 0.717) is 0 Å². The van der Waals surface area contributed by atoms with E-state index in [1.165, 1.54) is 110 Å². The maximum absolute atomic E-state index is 7.54. The summed E-state index contributed by atoms with van der Waals surface area (Å²) < 4.78 is 7.54. The van der Waals surface area contributed by atoms with Crippen molar-refractivity contribution < 1.29 is 4.74 Å². The molecule has 15 rings (SSSR count). The number of rotatable bonds is 4. The minimum atomic E-state index is 0.0332. The Bertz CT molecular complexity index is 2800. The second-order valence-electron chi connectivity index (χ2n) is 17.9. The Labute approximate surface area is 344 Å². The molecule has 4 nitrogen and oxygen atoms in total. The SMILES string of the molecule is c1ccc(N2c3cc(N4c5ccccc5Sc5ccccc54)cc4c3B3c5c(cc(C67CC8CC(CC(C8)C6)C7)cc5N(c5ccccc5)c5cccc2c53)O4)cc1. The molecule has 0 saturated heterocycles. The van der Waals surface area contributed by atoms with Gasteiger partial charge in [-0.15, -0.1) is 0 Å². The smallest absolute Gasteiger partial charge is 0.261 e. The standard InChI is InChI=1S/C52H40BN3OS/c1-3-12-36(13-4-1)54-41-18-11-19-42-49(41)53-50-43(54)25-35(52-29-32-22-33(30-52)24-34(23-32)31-52)26-45(50)57-46-28-38(27-44(51(46)53)55(42)37-14-5-2-6-15-37)56-39-16-7-9-20-47(39)58-48-21-10-8-17-40(48)56/h1-21,25-28,32-34H,22-24,29-31H2. The van der Waals surface area contributed by atoms with Crippen molar-refractivity contribution in [3.8, 4) is 11.5 Å². The summed E-state index contributed by atoms with van der Waals surface area (Å²) in [5, 5.41) is 0. The van der Waals surface area contributed by atoms with Gasteiger partial charge in [0.05, 0.1) is 17.1 Å². The van der Waals surface area contributed by atoms with E-state index in [4.69, 9.17) is 4.74 Å². The third kappa shape index (κ3) is 4.34. The van der Waals surface area contributed by atoms with Crippen molar-refractivity contribution >= 4 is 86.0 Å². The van der Waals surface area contributed by atoms with Gasteiger partial charge in [0.25, 0.3) is 6.71 Å². The van der Waals surface area contributed by atoms with Gasteiger partial charge in [-0.05, 0) is 163 Å². The molecule has 0 unspecified atom stereocenters. The largest absolute Gasteiger partial charge is 0.458 e. The van der Waals surface area contributed by atoms with Crippen LogP contribution >= 0.6 is 11.8 Å². The first kappa shape index (κ1) is 32.1. The fraction of sp³-hybridized carbons (Fsp3) is 0.192. The molecule has 0 radical (unpaired) electrons. The van der Waals surface area contributed by atoms with E-state index < -0.39 is 0 Å².